The molecule has 3 aromatic carbocycles. The van der Waals surface area contributed by atoms with Crippen LogP contribution in [-0.4, -0.2) is 16.2 Å². The minimum atomic E-state index is -0.361. The number of benzene rings is 3. The van der Waals surface area contributed by atoms with Crippen molar-refractivity contribution in [3.8, 4) is 0 Å². The van der Waals surface area contributed by atoms with Crippen molar-refractivity contribution in [3.63, 3.8) is 0 Å². The highest BCUT2D eigenvalue weighted by atomic mass is 35.5. The van der Waals surface area contributed by atoms with Gasteiger partial charge in [0.25, 0.3) is 0 Å². The molecule has 0 aliphatic heterocycles. The van der Waals surface area contributed by atoms with E-state index in [2.05, 4.69) is 30.8 Å². The van der Waals surface area contributed by atoms with Gasteiger partial charge in [-0.3, -0.25) is 0 Å². The zero-order valence-corrected chi connectivity index (χ0v) is 20.2. The van der Waals surface area contributed by atoms with Crippen LogP contribution in [0.25, 0.3) is 16.5 Å². The van der Waals surface area contributed by atoms with Crippen LogP contribution in [-0.2, 0) is 12.8 Å². The van der Waals surface area contributed by atoms with Crippen LogP contribution in [0.5, 0.6) is 0 Å². The molecule has 2 unspecified atom stereocenters. The van der Waals surface area contributed by atoms with Crippen LogP contribution in [0, 0.1) is 0 Å². The van der Waals surface area contributed by atoms with Gasteiger partial charge in [0.05, 0.1) is 22.7 Å². The molecule has 33 heavy (non-hydrogen) atoms. The van der Waals surface area contributed by atoms with E-state index in [1.807, 2.05) is 61.5 Å². The molecule has 0 radical (unpaired) electrons. The molecular formula is C29H27Cl2NO. The van der Waals surface area contributed by atoms with E-state index in [4.69, 9.17) is 28.2 Å². The summed E-state index contributed by atoms with van der Waals surface area (Å²) in [6, 6.07) is 26.2. The molecule has 0 aliphatic carbocycles. The van der Waals surface area contributed by atoms with Gasteiger partial charge in [0.1, 0.15) is 0 Å². The van der Waals surface area contributed by atoms with E-state index in [1.54, 1.807) is 0 Å². The van der Waals surface area contributed by atoms with E-state index < -0.39 is 0 Å². The number of fused-ring (bicyclic) bond motifs is 1. The lowest BCUT2D eigenvalue weighted by Crippen LogP contribution is -2.07. The predicted octanol–water partition coefficient (Wildman–Crippen LogP) is 7.79. The fraction of sp³-hybridized carbons (Fsp3) is 0.207. The van der Waals surface area contributed by atoms with Gasteiger partial charge in [-0.1, -0.05) is 72.8 Å². The molecular weight excluding hydrogens is 449 g/mol. The van der Waals surface area contributed by atoms with Gasteiger partial charge in [-0.15, -0.1) is 11.6 Å². The maximum Gasteiger partial charge on any atom is 0.0724 e. The Morgan fingerprint density at radius 3 is 2.52 bits per heavy atom. The van der Waals surface area contributed by atoms with Crippen molar-refractivity contribution >= 4 is 39.7 Å². The SMILES string of the molecule is C=C(c1cccc(C(Cl)CCc2ccccc2CC(C)O)c1)c1ccc2ccc(Cl)cc2n1. The Morgan fingerprint density at radius 2 is 1.73 bits per heavy atom. The molecule has 0 spiro atoms. The lowest BCUT2D eigenvalue weighted by molar-refractivity contribution is 0.195. The quantitative estimate of drug-likeness (QED) is 0.263. The highest BCUT2D eigenvalue weighted by Gasteiger charge is 2.13. The molecule has 168 valence electrons. The number of halogens is 2. The molecule has 0 bridgehead atoms. The summed E-state index contributed by atoms with van der Waals surface area (Å²) < 4.78 is 0. The van der Waals surface area contributed by atoms with Crippen LogP contribution in [0.2, 0.25) is 5.02 Å². The van der Waals surface area contributed by atoms with Crippen LogP contribution in [0.15, 0.2) is 85.4 Å². The Morgan fingerprint density at radius 1 is 0.970 bits per heavy atom. The average molecular weight is 476 g/mol. The Balaban J connectivity index is 1.50. The molecule has 0 saturated carbocycles. The monoisotopic (exact) mass is 475 g/mol. The van der Waals surface area contributed by atoms with Crippen molar-refractivity contribution in [2.24, 2.45) is 0 Å². The van der Waals surface area contributed by atoms with E-state index in [-0.39, 0.29) is 11.5 Å². The number of rotatable bonds is 8. The largest absolute Gasteiger partial charge is 0.393 e. The third-order valence-electron chi connectivity index (χ3n) is 5.86. The molecule has 1 N–H and O–H groups in total. The van der Waals surface area contributed by atoms with Crippen molar-refractivity contribution in [2.45, 2.75) is 37.7 Å². The Hall–Kier alpha value is -2.65. The van der Waals surface area contributed by atoms with Crippen molar-refractivity contribution < 1.29 is 5.11 Å². The number of aryl methyl sites for hydroxylation is 1. The summed E-state index contributed by atoms with van der Waals surface area (Å²) >= 11 is 13.0. The van der Waals surface area contributed by atoms with Gasteiger partial charge in [-0.25, -0.2) is 4.98 Å². The van der Waals surface area contributed by atoms with Gasteiger partial charge >= 0.3 is 0 Å². The van der Waals surface area contributed by atoms with E-state index in [1.165, 1.54) is 11.1 Å². The third-order valence-corrected chi connectivity index (χ3v) is 6.57. The summed E-state index contributed by atoms with van der Waals surface area (Å²) in [4.78, 5) is 4.76. The highest BCUT2D eigenvalue weighted by molar-refractivity contribution is 6.31. The van der Waals surface area contributed by atoms with Gasteiger partial charge < -0.3 is 5.11 Å². The number of alkyl halides is 1. The van der Waals surface area contributed by atoms with Crippen molar-refractivity contribution in [1.82, 2.24) is 4.98 Å². The first-order valence-corrected chi connectivity index (χ1v) is 12.0. The van der Waals surface area contributed by atoms with Gasteiger partial charge in [0.2, 0.25) is 0 Å². The van der Waals surface area contributed by atoms with E-state index in [9.17, 15) is 5.11 Å². The first-order valence-electron chi connectivity index (χ1n) is 11.2. The smallest absolute Gasteiger partial charge is 0.0724 e. The zero-order chi connectivity index (χ0) is 23.4. The van der Waals surface area contributed by atoms with Crippen molar-refractivity contribution in [1.29, 1.82) is 0 Å². The summed E-state index contributed by atoms with van der Waals surface area (Å²) in [6.07, 6.45) is 1.96. The van der Waals surface area contributed by atoms with Crippen molar-refractivity contribution in [3.05, 3.63) is 118 Å². The summed E-state index contributed by atoms with van der Waals surface area (Å²) in [5.41, 5.74) is 7.01. The molecule has 2 nitrogen and oxygen atoms in total. The van der Waals surface area contributed by atoms with Gasteiger partial charge in [-0.05, 0) is 72.7 Å². The fourth-order valence-corrected chi connectivity index (χ4v) is 4.51. The molecule has 0 aliphatic rings. The maximum absolute atomic E-state index is 9.79. The Bertz CT molecular complexity index is 1280. The normalized spacial score (nSPS) is 13.1. The number of aromatic nitrogens is 1. The fourth-order valence-electron chi connectivity index (χ4n) is 4.10. The summed E-state index contributed by atoms with van der Waals surface area (Å²) in [6.45, 7) is 6.11. The summed E-state index contributed by atoms with van der Waals surface area (Å²) in [5, 5.41) is 11.4. The molecule has 4 heteroatoms. The third kappa shape index (κ3) is 5.83. The lowest BCUT2D eigenvalue weighted by atomic mass is 9.95. The molecule has 1 aromatic heterocycles. The minimum absolute atomic E-state index is 0.124. The van der Waals surface area contributed by atoms with E-state index in [0.717, 1.165) is 46.1 Å². The van der Waals surface area contributed by atoms with Gasteiger partial charge in [-0.2, -0.15) is 0 Å². The van der Waals surface area contributed by atoms with Crippen LogP contribution >= 0.6 is 23.2 Å². The van der Waals surface area contributed by atoms with Crippen LogP contribution in [0.4, 0.5) is 0 Å². The lowest BCUT2D eigenvalue weighted by Gasteiger charge is -2.15. The Labute approximate surface area is 205 Å². The highest BCUT2D eigenvalue weighted by Crippen LogP contribution is 2.31. The number of aliphatic hydroxyl groups is 1. The second kappa shape index (κ2) is 10.5. The summed E-state index contributed by atoms with van der Waals surface area (Å²) in [7, 11) is 0. The van der Waals surface area contributed by atoms with Gasteiger partial charge in [0.15, 0.2) is 0 Å². The van der Waals surface area contributed by atoms with E-state index >= 15 is 0 Å². The molecule has 0 fully saturated rings. The first-order chi connectivity index (χ1) is 15.9. The van der Waals surface area contributed by atoms with Crippen molar-refractivity contribution in [2.75, 3.05) is 0 Å². The molecule has 1 heterocycles. The minimum Gasteiger partial charge on any atom is -0.393 e. The maximum atomic E-state index is 9.79. The molecule has 2 atom stereocenters. The topological polar surface area (TPSA) is 33.1 Å². The van der Waals surface area contributed by atoms with Crippen LogP contribution < -0.4 is 0 Å². The number of pyridine rings is 1. The van der Waals surface area contributed by atoms with Crippen LogP contribution in [0.3, 0.4) is 0 Å². The van der Waals surface area contributed by atoms with Crippen LogP contribution in [0.1, 0.15) is 46.7 Å². The van der Waals surface area contributed by atoms with Gasteiger partial charge in [0, 0.05) is 16.0 Å². The summed E-state index contributed by atoms with van der Waals surface area (Å²) in [5.74, 6) is 0. The molecule has 4 aromatic rings. The Kier molecular flexibility index (Phi) is 7.49. The number of aliphatic hydroxyl groups excluding tert-OH is 1. The first kappa shape index (κ1) is 23.5. The second-order valence-corrected chi connectivity index (χ2v) is 9.43. The number of nitrogens with zero attached hydrogens (tertiary/aromatic N) is 1. The molecule has 4 rings (SSSR count). The van der Waals surface area contributed by atoms with E-state index in [0.29, 0.717) is 11.4 Å². The second-order valence-electron chi connectivity index (χ2n) is 8.47. The standard InChI is InChI=1S/C29H27Cl2NO/c1-19(33)16-24-7-4-3-6-21(24)11-14-27(31)25-9-5-8-23(17-25)20(2)28-15-12-22-10-13-26(30)18-29(22)32-28/h3-10,12-13,15,17-19,27,33H,2,11,14,16H2,1H3. The number of hydrogen-bond acceptors (Lipinski definition) is 2. The predicted molar refractivity (Wildman–Crippen MR) is 140 cm³/mol. The molecule has 0 saturated heterocycles. The number of hydrogen-bond donors (Lipinski definition) is 1. The zero-order valence-electron chi connectivity index (χ0n) is 18.6. The average Bonchev–Trinajstić information content (AvgIpc) is 2.82. The molecule has 0 amide bonds.